The minimum Gasteiger partial charge on any atom is -0.493 e. The number of amides is 2. The van der Waals surface area contributed by atoms with Crippen molar-refractivity contribution in [2.45, 2.75) is 59.5 Å². The number of likely N-dealkylation sites (N-methyl/N-ethyl adjacent to an activating group) is 1. The van der Waals surface area contributed by atoms with Crippen LogP contribution in [0.15, 0.2) is 60.8 Å². The number of anilines is 4. The maximum absolute atomic E-state index is 15.4. The summed E-state index contributed by atoms with van der Waals surface area (Å²) < 4.78 is 27.3. The van der Waals surface area contributed by atoms with E-state index in [0.29, 0.717) is 47.4 Å². The number of rotatable bonds is 12. The average Bonchev–Trinajstić information content (AvgIpc) is 3.07. The van der Waals surface area contributed by atoms with Crippen LogP contribution in [0.4, 0.5) is 27.4 Å². The van der Waals surface area contributed by atoms with Crippen molar-refractivity contribution in [3.05, 3.63) is 88.9 Å². The maximum atomic E-state index is 15.4. The Kier molecular flexibility index (Phi) is 11.5. The number of para-hydroxylation sites is 1. The molecule has 264 valence electrons. The number of halogens is 1. The number of benzene rings is 3. The van der Waals surface area contributed by atoms with Crippen LogP contribution in [0.2, 0.25) is 0 Å². The summed E-state index contributed by atoms with van der Waals surface area (Å²) in [5, 5.41) is 8.93. The number of carbonyl (C=O) groups excluding carboxylic acids is 2. The van der Waals surface area contributed by atoms with Gasteiger partial charge in [0, 0.05) is 55.7 Å². The van der Waals surface area contributed by atoms with E-state index in [0.717, 1.165) is 36.3 Å². The summed E-state index contributed by atoms with van der Waals surface area (Å²) in [4.78, 5) is 39.2. The van der Waals surface area contributed by atoms with Crippen molar-refractivity contribution in [2.24, 2.45) is 0 Å². The molecule has 12 heteroatoms. The number of aromatic nitrogens is 2. The molecule has 1 atom stereocenters. The van der Waals surface area contributed by atoms with E-state index >= 15 is 4.39 Å². The van der Waals surface area contributed by atoms with Gasteiger partial charge in [-0.1, -0.05) is 24.3 Å². The fraction of sp³-hybridized carbons (Fsp3) is 0.368. The van der Waals surface area contributed by atoms with Crippen LogP contribution in [0, 0.1) is 19.7 Å². The molecular weight excluding hydrogens is 637 g/mol. The second kappa shape index (κ2) is 16.0. The lowest BCUT2D eigenvalue weighted by atomic mass is 10.1. The average molecular weight is 684 g/mol. The van der Waals surface area contributed by atoms with Crippen LogP contribution in [-0.4, -0.2) is 72.6 Å². The predicted octanol–water partition coefficient (Wildman–Crippen LogP) is 6.63. The molecule has 1 saturated heterocycles. The van der Waals surface area contributed by atoms with E-state index in [4.69, 9.17) is 9.47 Å². The Morgan fingerprint density at radius 1 is 1.04 bits per heavy atom. The molecule has 11 nitrogen and oxygen atoms in total. The summed E-state index contributed by atoms with van der Waals surface area (Å²) >= 11 is 0. The number of carbonyl (C=O) groups is 2. The van der Waals surface area contributed by atoms with Gasteiger partial charge in [-0.15, -0.1) is 0 Å². The Morgan fingerprint density at radius 2 is 1.80 bits per heavy atom. The zero-order valence-corrected chi connectivity index (χ0v) is 29.8. The first-order chi connectivity index (χ1) is 23.9. The SMILES string of the molecule is COc1cc(CCC(=O)NC(C)C)ccc1Oc1nc(Nc2ccc(N3CCN(C)C(C)C3)c(F)c2)ncc1C(=O)Nc1c(C)cccc1C. The second-order valence-electron chi connectivity index (χ2n) is 13.0. The molecular formula is C38H46FN7O4. The predicted molar refractivity (Wildman–Crippen MR) is 195 cm³/mol. The molecule has 3 N–H and O–H groups in total. The highest BCUT2D eigenvalue weighted by molar-refractivity contribution is 6.06. The standard InChI is InChI=1S/C38H46FN7O4/c1-23(2)41-34(47)16-12-27-11-15-32(33(19-27)49-7)50-37-29(36(48)43-35-24(3)9-8-10-25(35)4)21-40-38(44-37)42-28-13-14-31(30(39)20-28)46-18-17-45(6)26(5)22-46/h8-11,13-15,19-21,23,26H,12,16-18,22H2,1-7H3,(H,41,47)(H,43,48)(H,40,42,44). The van der Waals surface area contributed by atoms with Gasteiger partial charge in [-0.05, 0) is 95.1 Å². The van der Waals surface area contributed by atoms with E-state index in [9.17, 15) is 9.59 Å². The van der Waals surface area contributed by atoms with E-state index in [1.165, 1.54) is 19.4 Å². The number of methoxy groups -OCH3 is 1. The van der Waals surface area contributed by atoms with Crippen molar-refractivity contribution < 1.29 is 23.5 Å². The highest BCUT2D eigenvalue weighted by Gasteiger charge is 2.24. The van der Waals surface area contributed by atoms with Gasteiger partial charge in [0.25, 0.3) is 5.91 Å². The first-order valence-electron chi connectivity index (χ1n) is 16.8. The highest BCUT2D eigenvalue weighted by Crippen LogP contribution is 2.35. The van der Waals surface area contributed by atoms with Gasteiger partial charge in [-0.3, -0.25) is 9.59 Å². The minimum atomic E-state index is -0.465. The van der Waals surface area contributed by atoms with Gasteiger partial charge in [0.1, 0.15) is 11.4 Å². The van der Waals surface area contributed by atoms with Crippen molar-refractivity contribution in [3.8, 4) is 17.4 Å². The third-order valence-corrected chi connectivity index (χ3v) is 8.75. The first kappa shape index (κ1) is 36.1. The van der Waals surface area contributed by atoms with E-state index in [-0.39, 0.29) is 35.2 Å². The molecule has 0 spiro atoms. The van der Waals surface area contributed by atoms with Crippen LogP contribution in [0.5, 0.6) is 17.4 Å². The van der Waals surface area contributed by atoms with Gasteiger partial charge in [-0.25, -0.2) is 9.37 Å². The summed E-state index contributed by atoms with van der Waals surface area (Å²) in [6.07, 6.45) is 2.20. The zero-order chi connectivity index (χ0) is 35.9. The second-order valence-corrected chi connectivity index (χ2v) is 13.0. The van der Waals surface area contributed by atoms with Crippen molar-refractivity contribution >= 4 is 34.8 Å². The molecule has 50 heavy (non-hydrogen) atoms. The Labute approximate surface area is 293 Å². The lowest BCUT2D eigenvalue weighted by molar-refractivity contribution is -0.121. The Hall–Kier alpha value is -5.23. The highest BCUT2D eigenvalue weighted by atomic mass is 19.1. The molecule has 3 aromatic carbocycles. The number of nitrogens with one attached hydrogen (secondary N) is 3. The molecule has 4 aromatic rings. The molecule has 1 aliphatic rings. The Morgan fingerprint density at radius 3 is 2.48 bits per heavy atom. The van der Waals surface area contributed by atoms with Crippen LogP contribution in [0.25, 0.3) is 0 Å². The number of ether oxygens (including phenoxy) is 2. The van der Waals surface area contributed by atoms with Gasteiger partial charge in [0.15, 0.2) is 11.5 Å². The normalized spacial score (nSPS) is 14.7. The first-order valence-corrected chi connectivity index (χ1v) is 16.8. The van der Waals surface area contributed by atoms with Crippen LogP contribution in [0.3, 0.4) is 0 Å². The summed E-state index contributed by atoms with van der Waals surface area (Å²) in [5.41, 5.74) is 4.42. The summed E-state index contributed by atoms with van der Waals surface area (Å²) in [7, 11) is 3.59. The van der Waals surface area contributed by atoms with E-state index in [2.05, 4.69) is 49.7 Å². The van der Waals surface area contributed by atoms with E-state index < -0.39 is 5.91 Å². The number of piperazine rings is 1. The molecule has 5 rings (SSSR count). The molecule has 0 saturated carbocycles. The van der Waals surface area contributed by atoms with Crippen molar-refractivity contribution in [3.63, 3.8) is 0 Å². The largest absolute Gasteiger partial charge is 0.493 e. The third kappa shape index (κ3) is 8.86. The molecule has 0 aliphatic carbocycles. The third-order valence-electron chi connectivity index (χ3n) is 8.75. The summed E-state index contributed by atoms with van der Waals surface area (Å²) in [5.74, 6) is -0.0784. The van der Waals surface area contributed by atoms with Crippen LogP contribution in [0.1, 0.15) is 54.2 Å². The van der Waals surface area contributed by atoms with Crippen LogP contribution < -0.4 is 30.3 Å². The quantitative estimate of drug-likeness (QED) is 0.151. The van der Waals surface area contributed by atoms with E-state index in [1.54, 1.807) is 24.3 Å². The van der Waals surface area contributed by atoms with Crippen molar-refractivity contribution in [1.82, 2.24) is 20.2 Å². The van der Waals surface area contributed by atoms with Gasteiger partial charge in [-0.2, -0.15) is 4.98 Å². The van der Waals surface area contributed by atoms with E-state index in [1.807, 2.05) is 52.0 Å². The Balaban J connectivity index is 1.42. The molecule has 0 bridgehead atoms. The van der Waals surface area contributed by atoms with Crippen molar-refractivity contribution in [1.29, 1.82) is 0 Å². The molecule has 1 aliphatic heterocycles. The van der Waals surface area contributed by atoms with Crippen molar-refractivity contribution in [2.75, 3.05) is 49.3 Å². The lowest BCUT2D eigenvalue weighted by Crippen LogP contribution is -2.50. The molecule has 1 aromatic heterocycles. The lowest BCUT2D eigenvalue weighted by Gasteiger charge is -2.39. The minimum absolute atomic E-state index is 0.0304. The van der Waals surface area contributed by atoms with Gasteiger partial charge >= 0.3 is 0 Å². The van der Waals surface area contributed by atoms with Gasteiger partial charge < -0.3 is 35.2 Å². The number of hydrogen-bond acceptors (Lipinski definition) is 9. The molecule has 2 heterocycles. The van der Waals surface area contributed by atoms with Crippen LogP contribution >= 0.6 is 0 Å². The van der Waals surface area contributed by atoms with Crippen LogP contribution in [-0.2, 0) is 11.2 Å². The molecule has 1 fully saturated rings. The summed E-state index contributed by atoms with van der Waals surface area (Å²) in [6, 6.07) is 16.4. The molecule has 0 radical (unpaired) electrons. The maximum Gasteiger partial charge on any atom is 0.262 e. The number of hydrogen-bond donors (Lipinski definition) is 3. The summed E-state index contributed by atoms with van der Waals surface area (Å²) in [6.45, 7) is 12.1. The van der Waals surface area contributed by atoms with Gasteiger partial charge in [0.2, 0.25) is 17.7 Å². The topological polar surface area (TPSA) is 121 Å². The molecule has 2 amide bonds. The monoisotopic (exact) mass is 683 g/mol. The fourth-order valence-electron chi connectivity index (χ4n) is 5.80. The van der Waals surface area contributed by atoms with Gasteiger partial charge in [0.05, 0.1) is 12.8 Å². The fourth-order valence-corrected chi connectivity index (χ4v) is 5.80. The number of nitrogens with zero attached hydrogens (tertiary/aromatic N) is 4. The molecule has 1 unspecified atom stereocenters. The number of aryl methyl sites for hydroxylation is 3. The zero-order valence-electron chi connectivity index (χ0n) is 29.8. The Bertz CT molecular complexity index is 1830. The smallest absolute Gasteiger partial charge is 0.262 e.